The number of hydrogen-bond donors (Lipinski definition) is 1. The van der Waals surface area contributed by atoms with Crippen LogP contribution in [0.15, 0.2) is 36.5 Å². The Morgan fingerprint density at radius 2 is 2.29 bits per heavy atom. The van der Waals surface area contributed by atoms with Gasteiger partial charge in [0.05, 0.1) is 0 Å². The fourth-order valence-electron chi connectivity index (χ4n) is 1.46. The van der Waals surface area contributed by atoms with Gasteiger partial charge in [-0.2, -0.15) is 5.10 Å². The predicted molar refractivity (Wildman–Crippen MR) is 67.2 cm³/mol. The van der Waals surface area contributed by atoms with Gasteiger partial charge in [0.15, 0.2) is 5.69 Å². The SMILES string of the molecule is Cn1ccc(C(=O)Nc2cccc(CCl)c2)n1. The topological polar surface area (TPSA) is 46.9 Å². The molecule has 1 heterocycles. The van der Waals surface area contributed by atoms with Gasteiger partial charge in [-0.15, -0.1) is 11.6 Å². The van der Waals surface area contributed by atoms with Gasteiger partial charge in [-0.3, -0.25) is 9.48 Å². The highest BCUT2D eigenvalue weighted by atomic mass is 35.5. The molecule has 0 unspecified atom stereocenters. The number of alkyl halides is 1. The molecule has 1 N–H and O–H groups in total. The second-order valence-electron chi connectivity index (χ2n) is 3.66. The fraction of sp³-hybridized carbons (Fsp3) is 0.167. The van der Waals surface area contributed by atoms with E-state index >= 15 is 0 Å². The molecular weight excluding hydrogens is 238 g/mol. The summed E-state index contributed by atoms with van der Waals surface area (Å²) in [6.07, 6.45) is 1.73. The van der Waals surface area contributed by atoms with Crippen molar-refractivity contribution in [1.82, 2.24) is 9.78 Å². The van der Waals surface area contributed by atoms with Crippen LogP contribution in [0.3, 0.4) is 0 Å². The average molecular weight is 250 g/mol. The van der Waals surface area contributed by atoms with Crippen LogP contribution >= 0.6 is 11.6 Å². The number of halogens is 1. The zero-order chi connectivity index (χ0) is 12.3. The number of rotatable bonds is 3. The summed E-state index contributed by atoms with van der Waals surface area (Å²) in [6.45, 7) is 0. The smallest absolute Gasteiger partial charge is 0.276 e. The maximum atomic E-state index is 11.8. The van der Waals surface area contributed by atoms with E-state index in [0.717, 1.165) is 11.3 Å². The molecule has 0 spiro atoms. The number of carbonyl (C=O) groups excluding carboxylic acids is 1. The Labute approximate surface area is 104 Å². The van der Waals surface area contributed by atoms with Crippen LogP contribution in [0.4, 0.5) is 5.69 Å². The third-order valence-corrected chi connectivity index (χ3v) is 2.59. The summed E-state index contributed by atoms with van der Waals surface area (Å²) in [5.41, 5.74) is 2.08. The van der Waals surface area contributed by atoms with Crippen LogP contribution in [0.25, 0.3) is 0 Å². The molecule has 0 saturated heterocycles. The molecule has 0 atom stereocenters. The molecule has 0 aliphatic rings. The zero-order valence-electron chi connectivity index (χ0n) is 9.35. The zero-order valence-corrected chi connectivity index (χ0v) is 10.1. The van der Waals surface area contributed by atoms with Crippen LogP contribution in [0, 0.1) is 0 Å². The van der Waals surface area contributed by atoms with E-state index < -0.39 is 0 Å². The summed E-state index contributed by atoms with van der Waals surface area (Å²) in [6, 6.07) is 9.08. The van der Waals surface area contributed by atoms with E-state index in [1.54, 1.807) is 24.0 Å². The second-order valence-corrected chi connectivity index (χ2v) is 3.93. The fourth-order valence-corrected chi connectivity index (χ4v) is 1.63. The summed E-state index contributed by atoms with van der Waals surface area (Å²) in [4.78, 5) is 11.8. The van der Waals surface area contributed by atoms with Crippen molar-refractivity contribution in [3.8, 4) is 0 Å². The van der Waals surface area contributed by atoms with Crippen molar-refractivity contribution in [2.45, 2.75) is 5.88 Å². The first-order chi connectivity index (χ1) is 8.19. The van der Waals surface area contributed by atoms with E-state index in [-0.39, 0.29) is 5.91 Å². The molecule has 5 heteroatoms. The second kappa shape index (κ2) is 5.01. The summed E-state index contributed by atoms with van der Waals surface area (Å²) in [5.74, 6) is 0.199. The molecule has 0 fully saturated rings. The minimum Gasteiger partial charge on any atom is -0.321 e. The third-order valence-electron chi connectivity index (χ3n) is 2.29. The van der Waals surface area contributed by atoms with Crippen LogP contribution in [-0.2, 0) is 12.9 Å². The quantitative estimate of drug-likeness (QED) is 0.850. The van der Waals surface area contributed by atoms with Crippen molar-refractivity contribution >= 4 is 23.2 Å². The molecule has 1 aromatic carbocycles. The Morgan fingerprint density at radius 3 is 2.94 bits per heavy atom. The van der Waals surface area contributed by atoms with Crippen molar-refractivity contribution in [2.75, 3.05) is 5.32 Å². The van der Waals surface area contributed by atoms with E-state index in [0.29, 0.717) is 11.6 Å². The number of nitrogens with one attached hydrogen (secondary N) is 1. The normalized spacial score (nSPS) is 10.2. The lowest BCUT2D eigenvalue weighted by molar-refractivity contribution is 0.102. The molecule has 0 aliphatic carbocycles. The third kappa shape index (κ3) is 2.85. The number of amides is 1. The molecule has 2 aromatic rings. The van der Waals surface area contributed by atoms with Crippen molar-refractivity contribution < 1.29 is 4.79 Å². The molecule has 1 aromatic heterocycles. The number of benzene rings is 1. The largest absolute Gasteiger partial charge is 0.321 e. The van der Waals surface area contributed by atoms with Gasteiger partial charge < -0.3 is 5.32 Å². The van der Waals surface area contributed by atoms with Gasteiger partial charge in [-0.1, -0.05) is 12.1 Å². The Kier molecular flexibility index (Phi) is 3.44. The number of aromatic nitrogens is 2. The number of nitrogens with zero attached hydrogens (tertiary/aromatic N) is 2. The first-order valence-corrected chi connectivity index (χ1v) is 5.68. The summed E-state index contributed by atoms with van der Waals surface area (Å²) in [5, 5.41) is 6.80. The Hall–Kier alpha value is -1.81. The number of hydrogen-bond acceptors (Lipinski definition) is 2. The lowest BCUT2D eigenvalue weighted by Crippen LogP contribution is -2.13. The summed E-state index contributed by atoms with van der Waals surface area (Å²) < 4.78 is 1.59. The number of aryl methyl sites for hydroxylation is 1. The van der Waals surface area contributed by atoms with Gasteiger partial charge in [-0.25, -0.2) is 0 Å². The highest BCUT2D eigenvalue weighted by molar-refractivity contribution is 6.17. The minimum atomic E-state index is -0.225. The first-order valence-electron chi connectivity index (χ1n) is 5.15. The van der Waals surface area contributed by atoms with Gasteiger partial charge in [0.2, 0.25) is 0 Å². The van der Waals surface area contributed by atoms with Gasteiger partial charge >= 0.3 is 0 Å². The number of anilines is 1. The van der Waals surface area contributed by atoms with Crippen LogP contribution in [0.5, 0.6) is 0 Å². The molecule has 0 aliphatic heterocycles. The molecule has 4 nitrogen and oxygen atoms in total. The van der Waals surface area contributed by atoms with Gasteiger partial charge in [0.1, 0.15) is 0 Å². The van der Waals surface area contributed by atoms with E-state index in [1.165, 1.54) is 0 Å². The minimum absolute atomic E-state index is 0.225. The van der Waals surface area contributed by atoms with Gasteiger partial charge in [-0.05, 0) is 23.8 Å². The molecule has 0 saturated carbocycles. The van der Waals surface area contributed by atoms with Crippen molar-refractivity contribution in [3.05, 3.63) is 47.8 Å². The molecule has 0 bridgehead atoms. The maximum absolute atomic E-state index is 11.8. The Balaban J connectivity index is 2.12. The molecule has 2 rings (SSSR count). The van der Waals surface area contributed by atoms with E-state index in [2.05, 4.69) is 10.4 Å². The lowest BCUT2D eigenvalue weighted by atomic mass is 10.2. The van der Waals surface area contributed by atoms with E-state index in [1.807, 2.05) is 24.3 Å². The highest BCUT2D eigenvalue weighted by Crippen LogP contribution is 2.13. The Morgan fingerprint density at radius 1 is 1.47 bits per heavy atom. The number of carbonyl (C=O) groups is 1. The molecule has 88 valence electrons. The predicted octanol–water partition coefficient (Wildman–Crippen LogP) is 2.41. The standard InChI is InChI=1S/C12H12ClN3O/c1-16-6-5-11(15-16)12(17)14-10-4-2-3-9(7-10)8-13/h2-7H,8H2,1H3,(H,14,17). The van der Waals surface area contributed by atoms with Crippen LogP contribution in [0.1, 0.15) is 16.1 Å². The maximum Gasteiger partial charge on any atom is 0.276 e. The molecule has 1 amide bonds. The first kappa shape index (κ1) is 11.7. The van der Waals surface area contributed by atoms with Gasteiger partial charge in [0.25, 0.3) is 5.91 Å². The van der Waals surface area contributed by atoms with Crippen molar-refractivity contribution in [2.24, 2.45) is 7.05 Å². The molecule has 0 radical (unpaired) electrons. The highest BCUT2D eigenvalue weighted by Gasteiger charge is 2.08. The van der Waals surface area contributed by atoms with E-state index in [9.17, 15) is 4.79 Å². The van der Waals surface area contributed by atoms with Crippen LogP contribution in [0.2, 0.25) is 0 Å². The summed E-state index contributed by atoms with van der Waals surface area (Å²) >= 11 is 5.73. The van der Waals surface area contributed by atoms with Crippen molar-refractivity contribution in [3.63, 3.8) is 0 Å². The monoisotopic (exact) mass is 249 g/mol. The van der Waals surface area contributed by atoms with Crippen LogP contribution in [-0.4, -0.2) is 15.7 Å². The molecular formula is C12H12ClN3O. The molecule has 17 heavy (non-hydrogen) atoms. The van der Waals surface area contributed by atoms with Crippen molar-refractivity contribution in [1.29, 1.82) is 0 Å². The van der Waals surface area contributed by atoms with Crippen LogP contribution < -0.4 is 5.32 Å². The lowest BCUT2D eigenvalue weighted by Gasteiger charge is -2.04. The van der Waals surface area contributed by atoms with Gasteiger partial charge in [0, 0.05) is 24.8 Å². The summed E-state index contributed by atoms with van der Waals surface area (Å²) in [7, 11) is 1.77. The Bertz CT molecular complexity index is 536. The average Bonchev–Trinajstić information content (AvgIpc) is 2.76. The van der Waals surface area contributed by atoms with E-state index in [4.69, 9.17) is 11.6 Å².